The van der Waals surface area contributed by atoms with Gasteiger partial charge in [-0.05, 0) is 12.8 Å². The highest BCUT2D eigenvalue weighted by Crippen LogP contribution is 2.30. The second-order valence-corrected chi connectivity index (χ2v) is 5.08. The predicted molar refractivity (Wildman–Crippen MR) is 64.0 cm³/mol. The van der Waals surface area contributed by atoms with Crippen molar-refractivity contribution in [3.8, 4) is 0 Å². The minimum atomic E-state index is -0.445. The molecule has 0 aliphatic carbocycles. The van der Waals surface area contributed by atoms with E-state index in [0.29, 0.717) is 0 Å². The molecule has 0 aromatic carbocycles. The van der Waals surface area contributed by atoms with Crippen molar-refractivity contribution >= 4 is 23.6 Å². The van der Waals surface area contributed by atoms with Crippen LogP contribution in [0, 0.1) is 0 Å². The van der Waals surface area contributed by atoms with Gasteiger partial charge in [0, 0.05) is 24.7 Å². The Kier molecular flexibility index (Phi) is 2.80. The van der Waals surface area contributed by atoms with E-state index in [0.717, 1.165) is 30.9 Å². The molecule has 2 atom stereocenters. The van der Waals surface area contributed by atoms with Crippen LogP contribution in [0.1, 0.15) is 24.0 Å². The molecule has 17 heavy (non-hydrogen) atoms. The van der Waals surface area contributed by atoms with Gasteiger partial charge in [0.25, 0.3) is 5.91 Å². The lowest BCUT2D eigenvalue weighted by molar-refractivity contribution is -0.133. The summed E-state index contributed by atoms with van der Waals surface area (Å²) in [6.07, 6.45) is 4.95. The first-order valence-electron chi connectivity index (χ1n) is 5.71. The first-order chi connectivity index (χ1) is 8.36. The number of carbonyl (C=O) groups excluding carboxylic acids is 1. The number of aliphatic imine (C=N–C) groups is 1. The van der Waals surface area contributed by atoms with Gasteiger partial charge in [-0.25, -0.2) is 9.98 Å². The summed E-state index contributed by atoms with van der Waals surface area (Å²) in [5, 5.41) is 2.70. The molecule has 3 heterocycles. The zero-order valence-corrected chi connectivity index (χ0v) is 10.1. The Labute approximate surface area is 103 Å². The quantitative estimate of drug-likeness (QED) is 0.794. The summed E-state index contributed by atoms with van der Waals surface area (Å²) in [7, 11) is 0. The minimum Gasteiger partial charge on any atom is -0.470 e. The highest BCUT2D eigenvalue weighted by atomic mass is 32.1. The van der Waals surface area contributed by atoms with Gasteiger partial charge in [0.1, 0.15) is 5.01 Å². The van der Waals surface area contributed by atoms with Crippen molar-refractivity contribution in [3.05, 3.63) is 16.6 Å². The van der Waals surface area contributed by atoms with E-state index in [1.165, 1.54) is 17.7 Å². The Hall–Kier alpha value is -1.43. The van der Waals surface area contributed by atoms with Gasteiger partial charge in [-0.1, -0.05) is 0 Å². The maximum absolute atomic E-state index is 12.3. The van der Waals surface area contributed by atoms with Crippen molar-refractivity contribution in [1.29, 1.82) is 0 Å². The normalized spacial score (nSPS) is 27.4. The van der Waals surface area contributed by atoms with Crippen molar-refractivity contribution in [2.24, 2.45) is 4.99 Å². The van der Waals surface area contributed by atoms with Crippen molar-refractivity contribution in [2.45, 2.75) is 25.0 Å². The van der Waals surface area contributed by atoms with Crippen molar-refractivity contribution < 1.29 is 9.53 Å². The van der Waals surface area contributed by atoms with Crippen molar-refractivity contribution in [2.75, 3.05) is 13.1 Å². The van der Waals surface area contributed by atoms with E-state index in [2.05, 4.69) is 9.98 Å². The summed E-state index contributed by atoms with van der Waals surface area (Å²) in [5.41, 5.74) is 0. The van der Waals surface area contributed by atoms with Gasteiger partial charge >= 0.3 is 0 Å². The molecule has 3 rings (SSSR count). The van der Waals surface area contributed by atoms with E-state index in [4.69, 9.17) is 4.74 Å². The van der Waals surface area contributed by atoms with Crippen LogP contribution in [0.4, 0.5) is 0 Å². The molecule has 6 heteroatoms. The number of thiazole rings is 1. The molecular weight excluding hydrogens is 238 g/mol. The fourth-order valence-corrected chi connectivity index (χ4v) is 2.91. The highest BCUT2D eigenvalue weighted by molar-refractivity contribution is 7.09. The molecule has 1 aromatic rings. The number of rotatable bonds is 2. The maximum Gasteiger partial charge on any atom is 0.251 e. The smallest absolute Gasteiger partial charge is 0.251 e. The average molecular weight is 251 g/mol. The Morgan fingerprint density at radius 1 is 1.47 bits per heavy atom. The van der Waals surface area contributed by atoms with Gasteiger partial charge in [0.15, 0.2) is 18.5 Å². The van der Waals surface area contributed by atoms with Crippen LogP contribution in [0.15, 0.2) is 16.6 Å². The van der Waals surface area contributed by atoms with Gasteiger partial charge in [-0.3, -0.25) is 4.79 Å². The van der Waals surface area contributed by atoms with E-state index < -0.39 is 6.04 Å². The van der Waals surface area contributed by atoms with Crippen LogP contribution in [0.5, 0.6) is 0 Å². The van der Waals surface area contributed by atoms with Crippen LogP contribution in [0.2, 0.25) is 0 Å². The van der Waals surface area contributed by atoms with Gasteiger partial charge in [-0.15, -0.1) is 11.3 Å². The number of likely N-dealkylation sites (tertiary alicyclic amines) is 1. The molecule has 0 spiro atoms. The molecule has 0 bridgehead atoms. The molecule has 2 unspecified atom stereocenters. The second kappa shape index (κ2) is 4.44. The molecule has 5 nitrogen and oxygen atoms in total. The molecule has 2 aliphatic heterocycles. The number of amides is 1. The zero-order valence-electron chi connectivity index (χ0n) is 9.28. The van der Waals surface area contributed by atoms with E-state index in [-0.39, 0.29) is 12.0 Å². The third kappa shape index (κ3) is 1.93. The zero-order chi connectivity index (χ0) is 11.7. The average Bonchev–Trinajstić information content (AvgIpc) is 3.09. The Morgan fingerprint density at radius 3 is 3.00 bits per heavy atom. The van der Waals surface area contributed by atoms with E-state index >= 15 is 0 Å². The first kappa shape index (κ1) is 10.7. The molecule has 1 saturated heterocycles. The van der Waals surface area contributed by atoms with Crippen LogP contribution >= 0.6 is 11.3 Å². The fraction of sp³-hybridized carbons (Fsp3) is 0.545. The number of nitrogens with zero attached hydrogens (tertiary/aromatic N) is 3. The lowest BCUT2D eigenvalue weighted by Crippen LogP contribution is -2.38. The standard InChI is InChI=1S/C11H13N3O2S/c15-11(14-4-1-2-5-14)8-9(16-7-13-8)10-12-3-6-17-10/h3,6-9H,1-2,4-5H2. The summed E-state index contributed by atoms with van der Waals surface area (Å²) in [4.78, 5) is 22.5. The summed E-state index contributed by atoms with van der Waals surface area (Å²) >= 11 is 1.50. The lowest BCUT2D eigenvalue weighted by Gasteiger charge is -2.21. The largest absolute Gasteiger partial charge is 0.470 e. The maximum atomic E-state index is 12.3. The molecule has 1 aromatic heterocycles. The summed E-state index contributed by atoms with van der Waals surface area (Å²) < 4.78 is 5.40. The molecule has 0 N–H and O–H groups in total. The topological polar surface area (TPSA) is 54.8 Å². The van der Waals surface area contributed by atoms with E-state index in [9.17, 15) is 4.79 Å². The lowest BCUT2D eigenvalue weighted by atomic mass is 10.1. The number of ether oxygens (including phenoxy) is 1. The number of hydrogen-bond acceptors (Lipinski definition) is 5. The van der Waals surface area contributed by atoms with Gasteiger partial charge in [0.05, 0.1) is 0 Å². The molecular formula is C11H13N3O2S. The van der Waals surface area contributed by atoms with Crippen LogP contribution < -0.4 is 0 Å². The monoisotopic (exact) mass is 251 g/mol. The molecule has 0 saturated carbocycles. The summed E-state index contributed by atoms with van der Waals surface area (Å²) in [6, 6.07) is -0.445. The number of carbonyl (C=O) groups is 1. The van der Waals surface area contributed by atoms with Crippen molar-refractivity contribution in [3.63, 3.8) is 0 Å². The summed E-state index contributed by atoms with van der Waals surface area (Å²) in [5.74, 6) is 0.0662. The number of hydrogen-bond donors (Lipinski definition) is 0. The van der Waals surface area contributed by atoms with Gasteiger partial charge in [0.2, 0.25) is 0 Å². The predicted octanol–water partition coefficient (Wildman–Crippen LogP) is 1.23. The number of aromatic nitrogens is 1. The molecule has 90 valence electrons. The van der Waals surface area contributed by atoms with Crippen LogP contribution in [-0.2, 0) is 9.53 Å². The van der Waals surface area contributed by atoms with E-state index in [1.807, 2.05) is 10.3 Å². The van der Waals surface area contributed by atoms with Crippen LogP contribution in [-0.4, -0.2) is 41.3 Å². The summed E-state index contributed by atoms with van der Waals surface area (Å²) in [6.45, 7) is 1.69. The third-order valence-corrected chi connectivity index (χ3v) is 3.92. The van der Waals surface area contributed by atoms with E-state index in [1.54, 1.807) is 6.20 Å². The van der Waals surface area contributed by atoms with Crippen molar-refractivity contribution in [1.82, 2.24) is 9.88 Å². The third-order valence-electron chi connectivity index (χ3n) is 3.08. The second-order valence-electron chi connectivity index (χ2n) is 4.16. The first-order valence-corrected chi connectivity index (χ1v) is 6.59. The Morgan fingerprint density at radius 2 is 2.29 bits per heavy atom. The van der Waals surface area contributed by atoms with Crippen LogP contribution in [0.25, 0.3) is 0 Å². The Balaban J connectivity index is 1.77. The fourth-order valence-electron chi connectivity index (χ4n) is 2.20. The Bertz CT molecular complexity index is 426. The SMILES string of the molecule is O=C(C1N=COC1c1nccs1)N1CCCC1. The van der Waals surface area contributed by atoms with Crippen LogP contribution in [0.3, 0.4) is 0 Å². The van der Waals surface area contributed by atoms with Gasteiger partial charge < -0.3 is 9.64 Å². The molecule has 2 aliphatic rings. The molecule has 0 radical (unpaired) electrons. The minimum absolute atomic E-state index is 0.0662. The molecule has 1 fully saturated rings. The highest BCUT2D eigenvalue weighted by Gasteiger charge is 2.38. The molecule has 1 amide bonds. The van der Waals surface area contributed by atoms with Gasteiger partial charge in [-0.2, -0.15) is 0 Å².